The fraction of sp³-hybridized carbons (Fsp3) is 0.909. The van der Waals surface area contributed by atoms with E-state index in [1.807, 2.05) is 0 Å². The third kappa shape index (κ3) is 3.80. The number of carbonyl (C=O) groups excluding carboxylic acids is 1. The third-order valence-corrected chi connectivity index (χ3v) is 3.23. The normalized spacial score (nSPS) is 24.1. The minimum atomic E-state index is 0.215. The second kappa shape index (κ2) is 4.94. The van der Waals surface area contributed by atoms with E-state index in [1.54, 1.807) is 0 Å². The molecule has 1 aliphatic heterocycles. The van der Waals surface area contributed by atoms with Crippen LogP contribution in [-0.2, 0) is 4.79 Å². The van der Waals surface area contributed by atoms with E-state index in [0.717, 1.165) is 32.5 Å². The first-order chi connectivity index (χ1) is 7.24. The molecule has 0 aromatic rings. The van der Waals surface area contributed by atoms with Crippen molar-refractivity contribution in [1.82, 2.24) is 10.2 Å². The van der Waals surface area contributed by atoms with Crippen molar-refractivity contribution in [3.05, 3.63) is 0 Å². The van der Waals surface area contributed by atoms with Gasteiger partial charge >= 0.3 is 0 Å². The van der Waals surface area contributed by atoms with Gasteiger partial charge in [0.15, 0.2) is 0 Å². The molecule has 4 heteroatoms. The molecule has 0 spiro atoms. The Morgan fingerprint density at radius 3 is 2.53 bits per heavy atom. The van der Waals surface area contributed by atoms with Crippen molar-refractivity contribution in [3.63, 3.8) is 0 Å². The molecule has 0 radical (unpaired) electrons. The quantitative estimate of drug-likeness (QED) is 0.692. The summed E-state index contributed by atoms with van der Waals surface area (Å²) in [5.74, 6) is 0.215. The molecule has 1 aliphatic carbocycles. The molecule has 86 valence electrons. The summed E-state index contributed by atoms with van der Waals surface area (Å²) in [5, 5.41) is 3.01. The summed E-state index contributed by atoms with van der Waals surface area (Å²) in [7, 11) is 0. The number of nitrogens with one attached hydrogen (secondary N) is 1. The van der Waals surface area contributed by atoms with E-state index in [-0.39, 0.29) is 5.91 Å². The zero-order chi connectivity index (χ0) is 10.7. The van der Waals surface area contributed by atoms with E-state index in [2.05, 4.69) is 10.2 Å². The predicted octanol–water partition coefficient (Wildman–Crippen LogP) is 0.0782. The molecule has 3 N–H and O–H groups in total. The lowest BCUT2D eigenvalue weighted by molar-refractivity contribution is -0.121. The van der Waals surface area contributed by atoms with Crippen molar-refractivity contribution in [2.75, 3.05) is 19.6 Å². The van der Waals surface area contributed by atoms with E-state index >= 15 is 0 Å². The van der Waals surface area contributed by atoms with Gasteiger partial charge in [-0.1, -0.05) is 0 Å². The number of rotatable bonds is 4. The summed E-state index contributed by atoms with van der Waals surface area (Å²) >= 11 is 0. The maximum atomic E-state index is 11.4. The number of piperidine rings is 1. The molecule has 0 aromatic heterocycles. The molecule has 1 saturated carbocycles. The molecule has 1 amide bonds. The summed E-state index contributed by atoms with van der Waals surface area (Å²) < 4.78 is 0. The van der Waals surface area contributed by atoms with Gasteiger partial charge in [0.2, 0.25) is 5.91 Å². The second-order valence-electron chi connectivity index (χ2n) is 4.77. The standard InChI is InChI=1S/C11H21N3O/c12-9-3-6-14(7-4-9)8-5-11(15)13-10-1-2-10/h9-10H,1-8,12H2,(H,13,15). The van der Waals surface area contributed by atoms with Crippen LogP contribution in [0.4, 0.5) is 0 Å². The van der Waals surface area contributed by atoms with Crippen molar-refractivity contribution in [3.8, 4) is 0 Å². The molecule has 0 atom stereocenters. The number of amides is 1. The van der Waals surface area contributed by atoms with Crippen LogP contribution in [0.3, 0.4) is 0 Å². The van der Waals surface area contributed by atoms with Gasteiger partial charge in [-0.25, -0.2) is 0 Å². The van der Waals surface area contributed by atoms with E-state index in [0.29, 0.717) is 18.5 Å². The lowest BCUT2D eigenvalue weighted by Crippen LogP contribution is -2.41. The fourth-order valence-electron chi connectivity index (χ4n) is 1.96. The Hall–Kier alpha value is -0.610. The molecular formula is C11H21N3O. The van der Waals surface area contributed by atoms with Gasteiger partial charge in [-0.2, -0.15) is 0 Å². The summed E-state index contributed by atoms with van der Waals surface area (Å²) in [4.78, 5) is 13.8. The van der Waals surface area contributed by atoms with Crippen LogP contribution in [0.5, 0.6) is 0 Å². The predicted molar refractivity (Wildman–Crippen MR) is 59.4 cm³/mol. The molecule has 1 saturated heterocycles. The number of nitrogens with two attached hydrogens (primary N) is 1. The van der Waals surface area contributed by atoms with Crippen LogP contribution in [0, 0.1) is 0 Å². The average Bonchev–Trinajstić information content (AvgIpc) is 3.01. The van der Waals surface area contributed by atoms with Gasteiger partial charge in [0.25, 0.3) is 0 Å². The van der Waals surface area contributed by atoms with Crippen molar-refractivity contribution >= 4 is 5.91 Å². The maximum absolute atomic E-state index is 11.4. The molecule has 15 heavy (non-hydrogen) atoms. The van der Waals surface area contributed by atoms with Crippen molar-refractivity contribution < 1.29 is 4.79 Å². The first kappa shape index (κ1) is 10.9. The maximum Gasteiger partial charge on any atom is 0.221 e. The average molecular weight is 211 g/mol. The van der Waals surface area contributed by atoms with E-state index in [4.69, 9.17) is 5.73 Å². The first-order valence-corrected chi connectivity index (χ1v) is 6.01. The van der Waals surface area contributed by atoms with Crippen LogP contribution in [0.1, 0.15) is 32.1 Å². The van der Waals surface area contributed by atoms with Crippen LogP contribution in [0.15, 0.2) is 0 Å². The number of nitrogens with zero attached hydrogens (tertiary/aromatic N) is 1. The van der Waals surface area contributed by atoms with E-state index in [1.165, 1.54) is 12.8 Å². The first-order valence-electron chi connectivity index (χ1n) is 6.01. The molecule has 2 rings (SSSR count). The van der Waals surface area contributed by atoms with E-state index in [9.17, 15) is 4.79 Å². The largest absolute Gasteiger partial charge is 0.353 e. The zero-order valence-corrected chi connectivity index (χ0v) is 9.24. The van der Waals surface area contributed by atoms with E-state index < -0.39 is 0 Å². The van der Waals surface area contributed by atoms with Crippen molar-refractivity contribution in [2.24, 2.45) is 5.73 Å². The monoisotopic (exact) mass is 211 g/mol. The van der Waals surface area contributed by atoms with Gasteiger partial charge in [0, 0.05) is 25.0 Å². The zero-order valence-electron chi connectivity index (χ0n) is 9.24. The highest BCUT2D eigenvalue weighted by Gasteiger charge is 2.23. The molecule has 2 aliphatic rings. The van der Waals surface area contributed by atoms with Crippen molar-refractivity contribution in [2.45, 2.75) is 44.2 Å². The number of likely N-dealkylation sites (tertiary alicyclic amines) is 1. The summed E-state index contributed by atoms with van der Waals surface area (Å²) in [5.41, 5.74) is 5.82. The smallest absolute Gasteiger partial charge is 0.221 e. The molecule has 1 heterocycles. The molecule has 0 aromatic carbocycles. The van der Waals surface area contributed by atoms with Gasteiger partial charge in [0.05, 0.1) is 0 Å². The Labute approximate surface area is 91.2 Å². The summed E-state index contributed by atoms with van der Waals surface area (Å²) in [6.07, 6.45) is 5.13. The molecule has 0 bridgehead atoms. The Bertz CT molecular complexity index is 220. The summed E-state index contributed by atoms with van der Waals surface area (Å²) in [6, 6.07) is 0.869. The van der Waals surface area contributed by atoms with Gasteiger partial charge in [-0.3, -0.25) is 4.79 Å². The fourth-order valence-corrected chi connectivity index (χ4v) is 1.96. The Kier molecular flexibility index (Phi) is 3.59. The number of hydrogen-bond donors (Lipinski definition) is 2. The highest BCUT2D eigenvalue weighted by atomic mass is 16.1. The number of hydrogen-bond acceptors (Lipinski definition) is 3. The van der Waals surface area contributed by atoms with Crippen molar-refractivity contribution in [1.29, 1.82) is 0 Å². The Morgan fingerprint density at radius 2 is 1.93 bits per heavy atom. The lowest BCUT2D eigenvalue weighted by atomic mass is 10.1. The van der Waals surface area contributed by atoms with Crippen LogP contribution >= 0.6 is 0 Å². The van der Waals surface area contributed by atoms with Gasteiger partial charge in [-0.15, -0.1) is 0 Å². The Balaban J connectivity index is 1.58. The minimum Gasteiger partial charge on any atom is -0.353 e. The van der Waals surface area contributed by atoms with Crippen LogP contribution in [-0.4, -0.2) is 42.5 Å². The second-order valence-corrected chi connectivity index (χ2v) is 4.77. The van der Waals surface area contributed by atoms with Gasteiger partial charge in [0.1, 0.15) is 0 Å². The number of carbonyl (C=O) groups is 1. The van der Waals surface area contributed by atoms with Gasteiger partial charge in [-0.05, 0) is 38.8 Å². The highest BCUT2D eigenvalue weighted by Crippen LogP contribution is 2.18. The third-order valence-electron chi connectivity index (χ3n) is 3.23. The molecule has 0 unspecified atom stereocenters. The van der Waals surface area contributed by atoms with Crippen LogP contribution in [0.2, 0.25) is 0 Å². The molecule has 2 fully saturated rings. The summed E-state index contributed by atoms with van der Waals surface area (Å²) in [6.45, 7) is 3.00. The van der Waals surface area contributed by atoms with Crippen LogP contribution < -0.4 is 11.1 Å². The topological polar surface area (TPSA) is 58.4 Å². The van der Waals surface area contributed by atoms with Crippen LogP contribution in [0.25, 0.3) is 0 Å². The lowest BCUT2D eigenvalue weighted by Gasteiger charge is -2.29. The SMILES string of the molecule is NC1CCN(CCC(=O)NC2CC2)CC1. The Morgan fingerprint density at radius 1 is 1.27 bits per heavy atom. The molecular weight excluding hydrogens is 190 g/mol. The minimum absolute atomic E-state index is 0.215. The highest BCUT2D eigenvalue weighted by molar-refractivity contribution is 5.76. The van der Waals surface area contributed by atoms with Gasteiger partial charge < -0.3 is 16.0 Å². The molecule has 4 nitrogen and oxygen atoms in total.